The van der Waals surface area contributed by atoms with Crippen molar-refractivity contribution in [2.75, 3.05) is 0 Å². The molecular weight excluding hydrogens is 272 g/mol. The van der Waals surface area contributed by atoms with Crippen molar-refractivity contribution in [2.24, 2.45) is 0 Å². The number of hydrogen-bond acceptors (Lipinski definition) is 4. The summed E-state index contributed by atoms with van der Waals surface area (Å²) in [5, 5.41) is 13.6. The number of carbonyl (C=O) groups is 1. The molecule has 0 saturated carbocycles. The van der Waals surface area contributed by atoms with E-state index < -0.39 is 5.91 Å². The molecule has 100 valence electrons. The van der Waals surface area contributed by atoms with Crippen LogP contribution in [0.2, 0.25) is 0 Å². The Morgan fingerprint density at radius 1 is 1.20 bits per heavy atom. The predicted octanol–water partition coefficient (Wildman–Crippen LogP) is 3.01. The second-order valence-corrected chi connectivity index (χ2v) is 5.28. The summed E-state index contributed by atoms with van der Waals surface area (Å²) < 4.78 is 0. The number of amides is 1. The number of hydrogen-bond donors (Lipinski definition) is 2. The van der Waals surface area contributed by atoms with Gasteiger partial charge in [-0.3, -0.25) is 10.0 Å². The third-order valence-corrected chi connectivity index (χ3v) is 3.95. The highest BCUT2D eigenvalue weighted by Gasteiger charge is 2.08. The molecule has 2 N–H and O–H groups in total. The van der Waals surface area contributed by atoms with Gasteiger partial charge in [-0.15, -0.1) is 11.3 Å². The van der Waals surface area contributed by atoms with E-state index in [-0.39, 0.29) is 6.42 Å². The highest BCUT2D eigenvalue weighted by molar-refractivity contribution is 7.13. The van der Waals surface area contributed by atoms with Gasteiger partial charge in [0, 0.05) is 10.9 Å². The Morgan fingerprint density at radius 2 is 2.00 bits per heavy atom. The van der Waals surface area contributed by atoms with E-state index in [1.165, 1.54) is 16.7 Å². The van der Waals surface area contributed by atoms with Gasteiger partial charge in [-0.2, -0.15) is 0 Å². The van der Waals surface area contributed by atoms with E-state index in [2.05, 4.69) is 29.2 Å². The Hall–Kier alpha value is -2.24. The summed E-state index contributed by atoms with van der Waals surface area (Å²) in [6.45, 7) is 0. The molecule has 0 fully saturated rings. The van der Waals surface area contributed by atoms with Gasteiger partial charge in [0.1, 0.15) is 5.01 Å². The van der Waals surface area contributed by atoms with Crippen LogP contribution in [0.15, 0.2) is 47.8 Å². The van der Waals surface area contributed by atoms with Crippen LogP contribution < -0.4 is 5.48 Å². The average Bonchev–Trinajstić information content (AvgIpc) is 2.95. The first-order chi connectivity index (χ1) is 9.76. The average molecular weight is 284 g/mol. The van der Waals surface area contributed by atoms with Crippen molar-refractivity contribution in [2.45, 2.75) is 6.42 Å². The Labute approximate surface area is 119 Å². The van der Waals surface area contributed by atoms with Crippen LogP contribution in [0.1, 0.15) is 5.69 Å². The monoisotopic (exact) mass is 284 g/mol. The molecular formula is C15H12N2O2S. The lowest BCUT2D eigenvalue weighted by Crippen LogP contribution is -2.20. The zero-order chi connectivity index (χ0) is 13.9. The molecule has 1 aromatic heterocycles. The van der Waals surface area contributed by atoms with Crippen LogP contribution in [0, 0.1) is 0 Å². The minimum absolute atomic E-state index is 0.0839. The summed E-state index contributed by atoms with van der Waals surface area (Å²) in [6.07, 6.45) is 0.0839. The number of hydroxylamine groups is 1. The lowest BCUT2D eigenvalue weighted by molar-refractivity contribution is -0.128. The van der Waals surface area contributed by atoms with Gasteiger partial charge < -0.3 is 0 Å². The molecule has 5 heteroatoms. The van der Waals surface area contributed by atoms with Gasteiger partial charge in [0.05, 0.1) is 12.1 Å². The first-order valence-electron chi connectivity index (χ1n) is 6.13. The third kappa shape index (κ3) is 2.54. The zero-order valence-electron chi connectivity index (χ0n) is 10.5. The minimum Gasteiger partial charge on any atom is -0.289 e. The van der Waals surface area contributed by atoms with Crippen molar-refractivity contribution in [3.05, 3.63) is 53.5 Å². The maximum absolute atomic E-state index is 11.1. The highest BCUT2D eigenvalue weighted by Crippen LogP contribution is 2.27. The molecule has 3 aromatic rings. The van der Waals surface area contributed by atoms with Crippen LogP contribution in [0.3, 0.4) is 0 Å². The number of aromatic nitrogens is 1. The summed E-state index contributed by atoms with van der Waals surface area (Å²) in [7, 11) is 0. The Bertz CT molecular complexity index is 767. The normalized spacial score (nSPS) is 10.7. The van der Waals surface area contributed by atoms with Crippen molar-refractivity contribution in [3.8, 4) is 10.6 Å². The van der Waals surface area contributed by atoms with Crippen molar-refractivity contribution in [1.29, 1.82) is 0 Å². The van der Waals surface area contributed by atoms with Crippen LogP contribution in [0.5, 0.6) is 0 Å². The van der Waals surface area contributed by atoms with E-state index in [9.17, 15) is 4.79 Å². The predicted molar refractivity (Wildman–Crippen MR) is 78.7 cm³/mol. The number of benzene rings is 2. The SMILES string of the molecule is O=C(Cc1csc(-c2ccc3ccccc3c2)n1)NO. The summed E-state index contributed by atoms with van der Waals surface area (Å²) in [5.41, 5.74) is 3.30. The molecule has 2 aromatic carbocycles. The fraction of sp³-hybridized carbons (Fsp3) is 0.0667. The first kappa shape index (κ1) is 12.8. The molecule has 20 heavy (non-hydrogen) atoms. The van der Waals surface area contributed by atoms with Gasteiger partial charge in [0.25, 0.3) is 0 Å². The van der Waals surface area contributed by atoms with E-state index in [4.69, 9.17) is 5.21 Å². The van der Waals surface area contributed by atoms with E-state index in [1.54, 1.807) is 5.48 Å². The highest BCUT2D eigenvalue weighted by atomic mass is 32.1. The zero-order valence-corrected chi connectivity index (χ0v) is 11.4. The largest absolute Gasteiger partial charge is 0.289 e. The summed E-state index contributed by atoms with van der Waals surface area (Å²) >= 11 is 1.49. The van der Waals surface area contributed by atoms with Gasteiger partial charge in [-0.1, -0.05) is 36.4 Å². The van der Waals surface area contributed by atoms with Crippen molar-refractivity contribution in [1.82, 2.24) is 10.5 Å². The maximum Gasteiger partial charge on any atom is 0.249 e. The molecule has 0 aliphatic heterocycles. The first-order valence-corrected chi connectivity index (χ1v) is 7.01. The molecule has 3 rings (SSSR count). The number of rotatable bonds is 3. The van der Waals surface area contributed by atoms with Gasteiger partial charge in [-0.05, 0) is 16.8 Å². The minimum atomic E-state index is -0.458. The standard InChI is InChI=1S/C15H12N2O2S/c18-14(17-19)8-13-9-20-15(16-13)12-6-5-10-3-1-2-4-11(10)7-12/h1-7,9,19H,8H2,(H,17,18). The summed E-state index contributed by atoms with van der Waals surface area (Å²) in [5.74, 6) is -0.458. The Morgan fingerprint density at radius 3 is 2.80 bits per heavy atom. The molecule has 0 spiro atoms. The molecule has 0 aliphatic rings. The quantitative estimate of drug-likeness (QED) is 0.574. The van der Waals surface area contributed by atoms with E-state index >= 15 is 0 Å². The van der Waals surface area contributed by atoms with E-state index in [0.717, 1.165) is 16.0 Å². The van der Waals surface area contributed by atoms with Crippen LogP contribution in [-0.2, 0) is 11.2 Å². The fourth-order valence-corrected chi connectivity index (χ4v) is 2.86. The number of carbonyl (C=O) groups excluding carboxylic acids is 1. The molecule has 0 atom stereocenters. The summed E-state index contributed by atoms with van der Waals surface area (Å²) in [4.78, 5) is 15.5. The Balaban J connectivity index is 1.92. The fourth-order valence-electron chi connectivity index (χ4n) is 2.05. The molecule has 0 unspecified atom stereocenters. The van der Waals surface area contributed by atoms with Gasteiger partial charge in [-0.25, -0.2) is 10.5 Å². The van der Waals surface area contributed by atoms with Gasteiger partial charge in [0.2, 0.25) is 5.91 Å². The van der Waals surface area contributed by atoms with Gasteiger partial charge in [0.15, 0.2) is 0 Å². The molecule has 0 bridgehead atoms. The second kappa shape index (κ2) is 5.40. The number of thiazole rings is 1. The Kier molecular flexibility index (Phi) is 3.45. The topological polar surface area (TPSA) is 62.2 Å². The third-order valence-electron chi connectivity index (χ3n) is 3.01. The lowest BCUT2D eigenvalue weighted by Gasteiger charge is -2.00. The van der Waals surface area contributed by atoms with E-state index in [1.807, 2.05) is 23.6 Å². The number of nitrogens with one attached hydrogen (secondary N) is 1. The molecule has 0 saturated heterocycles. The number of nitrogens with zero attached hydrogens (tertiary/aromatic N) is 1. The maximum atomic E-state index is 11.1. The van der Waals surface area contributed by atoms with E-state index in [0.29, 0.717) is 5.69 Å². The van der Waals surface area contributed by atoms with Crippen molar-refractivity contribution >= 4 is 28.0 Å². The summed E-state index contributed by atoms with van der Waals surface area (Å²) in [6, 6.07) is 14.3. The lowest BCUT2D eigenvalue weighted by atomic mass is 10.1. The van der Waals surface area contributed by atoms with Crippen LogP contribution >= 0.6 is 11.3 Å². The van der Waals surface area contributed by atoms with Crippen LogP contribution in [0.4, 0.5) is 0 Å². The van der Waals surface area contributed by atoms with Crippen LogP contribution in [0.25, 0.3) is 21.3 Å². The molecule has 1 heterocycles. The van der Waals surface area contributed by atoms with Crippen LogP contribution in [-0.4, -0.2) is 16.1 Å². The molecule has 4 nitrogen and oxygen atoms in total. The number of fused-ring (bicyclic) bond motifs is 1. The molecule has 1 amide bonds. The smallest absolute Gasteiger partial charge is 0.249 e. The molecule has 0 radical (unpaired) electrons. The van der Waals surface area contributed by atoms with Crippen molar-refractivity contribution < 1.29 is 10.0 Å². The van der Waals surface area contributed by atoms with Crippen molar-refractivity contribution in [3.63, 3.8) is 0 Å². The molecule has 0 aliphatic carbocycles. The second-order valence-electron chi connectivity index (χ2n) is 4.42. The van der Waals surface area contributed by atoms with Gasteiger partial charge >= 0.3 is 0 Å².